The Kier molecular flexibility index (Phi) is 3.54. The molecule has 0 aromatic heterocycles. The van der Waals surface area contributed by atoms with Crippen LogP contribution in [0.25, 0.3) is 0 Å². The number of carbonyl (C=O) groups excluding carboxylic acids is 1. The third-order valence-corrected chi connectivity index (χ3v) is 2.94. The maximum atomic E-state index is 10.9. The number of aliphatic imine (C=N–C) groups is 1. The number of Topliss-reactive ketones (excluding diaryl/α,β-unsaturated/α-hetero) is 1. The van der Waals surface area contributed by atoms with Crippen LogP contribution in [-0.4, -0.2) is 25.6 Å². The van der Waals surface area contributed by atoms with E-state index in [2.05, 4.69) is 4.99 Å². The highest BCUT2D eigenvalue weighted by Gasteiger charge is 2.17. The molecule has 0 aromatic carbocycles. The average Bonchev–Trinajstić information content (AvgIpc) is 2.42. The van der Waals surface area contributed by atoms with Crippen molar-refractivity contribution in [2.75, 3.05) is 0 Å². The lowest BCUT2D eigenvalue weighted by molar-refractivity contribution is -0.149. The minimum absolute atomic E-state index is 0.0391. The molecule has 0 bridgehead atoms. The van der Waals surface area contributed by atoms with Crippen LogP contribution >= 0.6 is 11.6 Å². The quantitative estimate of drug-likeness (QED) is 0.724. The van der Waals surface area contributed by atoms with Gasteiger partial charge in [-0.3, -0.25) is 4.79 Å². The van der Waals surface area contributed by atoms with Gasteiger partial charge in [0.05, 0.1) is 5.70 Å². The number of carboxylic acid groups (broad SMARTS) is 1. The zero-order chi connectivity index (χ0) is 10.7. The van der Waals surface area contributed by atoms with Crippen molar-refractivity contribution in [3.63, 3.8) is 0 Å². The highest BCUT2D eigenvalue weighted by molar-refractivity contribution is 8.06. The second-order valence-electron chi connectivity index (χ2n) is 2.50. The van der Waals surface area contributed by atoms with Crippen molar-refractivity contribution in [2.24, 2.45) is 4.99 Å². The van der Waals surface area contributed by atoms with Crippen LogP contribution in [0.3, 0.4) is 0 Å². The monoisotopic (exact) mass is 235 g/mol. The van der Waals surface area contributed by atoms with Crippen molar-refractivity contribution >= 4 is 38.7 Å². The number of carboxylic acids is 1. The molecule has 0 spiro atoms. The van der Waals surface area contributed by atoms with Gasteiger partial charge in [-0.1, -0.05) is 11.6 Å². The summed E-state index contributed by atoms with van der Waals surface area (Å²) in [6.45, 7) is 0. The molecule has 0 amide bonds. The van der Waals surface area contributed by atoms with E-state index in [1.165, 1.54) is 5.41 Å². The number of halogens is 1. The minimum Gasteiger partial charge on any atom is -0.476 e. The molecule has 0 aromatic rings. The van der Waals surface area contributed by atoms with Gasteiger partial charge in [-0.05, 0) is 6.42 Å². The van der Waals surface area contributed by atoms with Crippen LogP contribution in [0.15, 0.2) is 16.1 Å². The Morgan fingerprint density at radius 2 is 2.21 bits per heavy atom. The molecule has 7 heteroatoms. The molecule has 14 heavy (non-hydrogen) atoms. The number of ketones is 1. The summed E-state index contributed by atoms with van der Waals surface area (Å²) in [7, 11) is -1.43. The van der Waals surface area contributed by atoms with Gasteiger partial charge in [0.1, 0.15) is 10.8 Å². The topological polar surface area (TPSA) is 83.8 Å². The molecular formula is C7H6ClNO4S. The Balaban J connectivity index is 2.49. The van der Waals surface area contributed by atoms with E-state index in [4.69, 9.17) is 16.7 Å². The summed E-state index contributed by atoms with van der Waals surface area (Å²) in [6.07, 6.45) is -0.0148. The fraction of sp³-hybridized carbons (Fsp3) is 0.286. The molecule has 5 nitrogen and oxygen atoms in total. The molecule has 0 fully saturated rings. The molecule has 1 aliphatic heterocycles. The van der Waals surface area contributed by atoms with Crippen LogP contribution in [0.2, 0.25) is 0 Å². The summed E-state index contributed by atoms with van der Waals surface area (Å²) in [5.74, 6) is -2.37. The van der Waals surface area contributed by atoms with Crippen LogP contribution in [-0.2, 0) is 20.4 Å². The van der Waals surface area contributed by atoms with Gasteiger partial charge in [0, 0.05) is 11.8 Å². The predicted molar refractivity (Wildman–Crippen MR) is 51.4 cm³/mol. The third-order valence-electron chi connectivity index (χ3n) is 1.49. The van der Waals surface area contributed by atoms with E-state index in [1.54, 1.807) is 0 Å². The molecule has 0 saturated carbocycles. The number of carbonyl (C=O) groups is 2. The number of nitrogens with zero attached hydrogens (tertiary/aromatic N) is 1. The van der Waals surface area contributed by atoms with Crippen LogP contribution in [0.1, 0.15) is 12.8 Å². The largest absolute Gasteiger partial charge is 0.476 e. The van der Waals surface area contributed by atoms with E-state index in [-0.39, 0.29) is 17.3 Å². The number of hydrogen-bond donors (Lipinski definition) is 1. The van der Waals surface area contributed by atoms with Crippen LogP contribution < -0.4 is 0 Å². The maximum absolute atomic E-state index is 10.9. The van der Waals surface area contributed by atoms with Gasteiger partial charge in [-0.25, -0.2) is 14.0 Å². The molecule has 1 rings (SSSR count). The third kappa shape index (κ3) is 2.74. The lowest BCUT2D eigenvalue weighted by Gasteiger charge is -1.93. The number of hydrogen-bond acceptors (Lipinski definition) is 4. The van der Waals surface area contributed by atoms with E-state index in [0.717, 1.165) is 0 Å². The van der Waals surface area contributed by atoms with Crippen molar-refractivity contribution in [3.05, 3.63) is 11.1 Å². The van der Waals surface area contributed by atoms with Crippen LogP contribution in [0, 0.1) is 0 Å². The molecule has 0 saturated heterocycles. The van der Waals surface area contributed by atoms with Crippen LogP contribution in [0.4, 0.5) is 0 Å². The smallest absolute Gasteiger partial charge is 0.372 e. The Hall–Kier alpha value is -1.01. The molecule has 0 radical (unpaired) electrons. The normalized spacial score (nSPS) is 20.2. The van der Waals surface area contributed by atoms with Crippen molar-refractivity contribution in [3.8, 4) is 0 Å². The van der Waals surface area contributed by atoms with Crippen LogP contribution in [0.5, 0.6) is 0 Å². The highest BCUT2D eigenvalue weighted by atomic mass is 35.5. The zero-order valence-electron chi connectivity index (χ0n) is 6.90. The van der Waals surface area contributed by atoms with E-state index >= 15 is 0 Å². The van der Waals surface area contributed by atoms with E-state index < -0.39 is 22.6 Å². The molecule has 1 unspecified atom stereocenters. The summed E-state index contributed by atoms with van der Waals surface area (Å²) in [6, 6.07) is 0. The number of aliphatic carboxylic acids is 1. The zero-order valence-corrected chi connectivity index (χ0v) is 8.47. The van der Waals surface area contributed by atoms with Gasteiger partial charge < -0.3 is 5.11 Å². The second kappa shape index (κ2) is 4.47. The van der Waals surface area contributed by atoms with E-state index in [0.29, 0.717) is 5.70 Å². The fourth-order valence-electron chi connectivity index (χ4n) is 0.820. The number of allylic oxidation sites excluding steroid dienone is 1. The lowest BCUT2D eigenvalue weighted by atomic mass is 10.2. The Morgan fingerprint density at radius 3 is 2.64 bits per heavy atom. The fourth-order valence-corrected chi connectivity index (χ4v) is 1.78. The van der Waals surface area contributed by atoms with Gasteiger partial charge in [0.25, 0.3) is 0 Å². The summed E-state index contributed by atoms with van der Waals surface area (Å²) in [5.41, 5.74) is 0.392. The highest BCUT2D eigenvalue weighted by Crippen LogP contribution is 2.17. The van der Waals surface area contributed by atoms with Gasteiger partial charge in [0.2, 0.25) is 5.78 Å². The van der Waals surface area contributed by atoms with Gasteiger partial charge >= 0.3 is 5.97 Å². The van der Waals surface area contributed by atoms with Crippen molar-refractivity contribution in [2.45, 2.75) is 12.8 Å². The molecule has 76 valence electrons. The molecular weight excluding hydrogens is 230 g/mol. The van der Waals surface area contributed by atoms with E-state index in [1.807, 2.05) is 0 Å². The molecule has 0 aliphatic carbocycles. The SMILES string of the molecule is O=C(O)C(=O)CCC1=CS(=O)C(Cl)=N1. The van der Waals surface area contributed by atoms with Crippen molar-refractivity contribution in [1.82, 2.24) is 0 Å². The average molecular weight is 236 g/mol. The molecule has 1 atom stereocenters. The lowest BCUT2D eigenvalue weighted by Crippen LogP contribution is -2.11. The maximum Gasteiger partial charge on any atom is 0.372 e. The first-order valence-corrected chi connectivity index (χ1v) is 5.21. The molecule has 1 aliphatic rings. The van der Waals surface area contributed by atoms with Crippen molar-refractivity contribution in [1.29, 1.82) is 0 Å². The first-order valence-electron chi connectivity index (χ1n) is 3.62. The van der Waals surface area contributed by atoms with Gasteiger partial charge in [-0.2, -0.15) is 0 Å². The summed E-state index contributed by atoms with van der Waals surface area (Å²) in [4.78, 5) is 24.5. The standard InChI is InChI=1S/C7H6ClNO4S/c8-7-9-4(3-14(7)13)1-2-5(10)6(11)12/h3H,1-2H2,(H,11,12). The Morgan fingerprint density at radius 1 is 1.57 bits per heavy atom. The van der Waals surface area contributed by atoms with Gasteiger partial charge in [0.15, 0.2) is 4.50 Å². The predicted octanol–water partition coefficient (Wildman–Crippen LogP) is 0.619. The second-order valence-corrected chi connectivity index (χ2v) is 4.30. The Labute approximate surface area is 86.9 Å². The summed E-state index contributed by atoms with van der Waals surface area (Å²) < 4.78 is 10.9. The van der Waals surface area contributed by atoms with Crippen molar-refractivity contribution < 1.29 is 18.9 Å². The first kappa shape index (κ1) is 11.1. The molecule has 1 heterocycles. The molecule has 1 N–H and O–H groups in total. The minimum atomic E-state index is -1.47. The van der Waals surface area contributed by atoms with Gasteiger partial charge in [-0.15, -0.1) is 0 Å². The Bertz CT molecular complexity index is 374. The summed E-state index contributed by atoms with van der Waals surface area (Å²) >= 11 is 5.43. The van der Waals surface area contributed by atoms with E-state index in [9.17, 15) is 13.8 Å². The number of rotatable bonds is 4. The first-order chi connectivity index (χ1) is 6.50. The summed E-state index contributed by atoms with van der Waals surface area (Å²) in [5, 5.41) is 9.57.